The van der Waals surface area contributed by atoms with E-state index in [9.17, 15) is 0 Å². The first-order valence-electron chi connectivity index (χ1n) is 7.19. The van der Waals surface area contributed by atoms with Gasteiger partial charge in [0.1, 0.15) is 0 Å². The van der Waals surface area contributed by atoms with Crippen LogP contribution in [-0.4, -0.2) is 17.0 Å². The van der Waals surface area contributed by atoms with Crippen molar-refractivity contribution in [3.05, 3.63) is 42.5 Å². The number of amidine groups is 1. The number of fused-ring (bicyclic) bond motifs is 1. The lowest BCUT2D eigenvalue weighted by atomic mass is 10.0. The van der Waals surface area contributed by atoms with E-state index in [4.69, 9.17) is 4.99 Å². The molecule has 1 atom stereocenters. The average Bonchev–Trinajstić information content (AvgIpc) is 2.48. The summed E-state index contributed by atoms with van der Waals surface area (Å²) < 4.78 is 0. The minimum Gasteiger partial charge on any atom is -0.334 e. The fourth-order valence-corrected chi connectivity index (χ4v) is 3.47. The van der Waals surface area contributed by atoms with Crippen molar-refractivity contribution in [2.45, 2.75) is 26.3 Å². The number of nitrogens with zero attached hydrogens (tertiary/aromatic N) is 1. The second-order valence-corrected chi connectivity index (χ2v) is 6.62. The number of thioether (sulfide) groups is 1. The molecule has 0 saturated carbocycles. The van der Waals surface area contributed by atoms with Crippen LogP contribution >= 0.6 is 11.8 Å². The van der Waals surface area contributed by atoms with E-state index in [1.165, 1.54) is 17.2 Å². The van der Waals surface area contributed by atoms with Gasteiger partial charge in [-0.2, -0.15) is 0 Å². The highest BCUT2D eigenvalue weighted by Gasteiger charge is 2.18. The van der Waals surface area contributed by atoms with Gasteiger partial charge in [-0.1, -0.05) is 62.0 Å². The van der Waals surface area contributed by atoms with E-state index in [1.807, 2.05) is 11.8 Å². The van der Waals surface area contributed by atoms with Crippen molar-refractivity contribution in [3.8, 4) is 0 Å². The molecule has 104 valence electrons. The maximum Gasteiger partial charge on any atom is 0.161 e. The fraction of sp³-hybridized carbons (Fsp3) is 0.353. The summed E-state index contributed by atoms with van der Waals surface area (Å²) in [7, 11) is 0. The molecule has 1 heterocycles. The predicted octanol–water partition coefficient (Wildman–Crippen LogP) is 4.77. The summed E-state index contributed by atoms with van der Waals surface area (Å²) in [4.78, 5) is 4.85. The summed E-state index contributed by atoms with van der Waals surface area (Å²) in [5, 5.41) is 7.10. The van der Waals surface area contributed by atoms with Crippen LogP contribution in [0.25, 0.3) is 10.8 Å². The molecule has 20 heavy (non-hydrogen) atoms. The van der Waals surface area contributed by atoms with Gasteiger partial charge < -0.3 is 5.32 Å². The van der Waals surface area contributed by atoms with Crippen molar-refractivity contribution in [3.63, 3.8) is 0 Å². The minimum atomic E-state index is 0.453. The highest BCUT2D eigenvalue weighted by Crippen LogP contribution is 2.27. The second-order valence-electron chi connectivity index (χ2n) is 5.53. The molecule has 0 spiro atoms. The van der Waals surface area contributed by atoms with Gasteiger partial charge in [-0.3, -0.25) is 4.99 Å². The van der Waals surface area contributed by atoms with Gasteiger partial charge in [-0.25, -0.2) is 0 Å². The quantitative estimate of drug-likeness (QED) is 0.859. The summed E-state index contributed by atoms with van der Waals surface area (Å²) >= 11 is 1.83. The van der Waals surface area contributed by atoms with E-state index in [0.29, 0.717) is 12.0 Å². The van der Waals surface area contributed by atoms with Crippen molar-refractivity contribution in [1.29, 1.82) is 0 Å². The molecular weight excluding hydrogens is 264 g/mol. The van der Waals surface area contributed by atoms with E-state index < -0.39 is 0 Å². The molecule has 3 heteroatoms. The Balaban J connectivity index is 1.90. The van der Waals surface area contributed by atoms with Crippen LogP contribution in [0, 0.1) is 5.92 Å². The van der Waals surface area contributed by atoms with Gasteiger partial charge in [0, 0.05) is 16.8 Å². The first-order valence-corrected chi connectivity index (χ1v) is 8.18. The molecule has 0 saturated heterocycles. The lowest BCUT2D eigenvalue weighted by molar-refractivity contribution is 0.485. The largest absolute Gasteiger partial charge is 0.334 e. The number of aliphatic imine (C=N–C) groups is 1. The van der Waals surface area contributed by atoms with Crippen molar-refractivity contribution in [2.24, 2.45) is 10.9 Å². The highest BCUT2D eigenvalue weighted by atomic mass is 32.2. The molecular formula is C17H20N2S. The Labute approximate surface area is 124 Å². The summed E-state index contributed by atoms with van der Waals surface area (Å²) in [5.41, 5.74) is 1.15. The molecule has 2 nitrogen and oxygen atoms in total. The Bertz CT molecular complexity index is 628. The minimum absolute atomic E-state index is 0.453. The number of hydrogen-bond acceptors (Lipinski definition) is 3. The zero-order chi connectivity index (χ0) is 13.9. The molecule has 3 rings (SSSR count). The Hall–Kier alpha value is -1.48. The Morgan fingerprint density at radius 2 is 1.95 bits per heavy atom. The predicted molar refractivity (Wildman–Crippen MR) is 90.7 cm³/mol. The van der Waals surface area contributed by atoms with Gasteiger partial charge in [0.2, 0.25) is 0 Å². The maximum atomic E-state index is 4.85. The highest BCUT2D eigenvalue weighted by molar-refractivity contribution is 8.14. The number of rotatable bonds is 2. The molecule has 0 aromatic heterocycles. The smallest absolute Gasteiger partial charge is 0.161 e. The van der Waals surface area contributed by atoms with Crippen LogP contribution in [0.5, 0.6) is 0 Å². The molecule has 1 unspecified atom stereocenters. The standard InChI is InChI=1S/C17H20N2S/c1-12(2)15-10-11-20-17(18-15)19-16-9-5-7-13-6-3-4-8-14(13)16/h3-9,12,15H,10-11H2,1-2H3,(H,18,19). The van der Waals surface area contributed by atoms with Crippen LogP contribution in [-0.2, 0) is 0 Å². The molecule has 0 radical (unpaired) electrons. The topological polar surface area (TPSA) is 24.4 Å². The Morgan fingerprint density at radius 3 is 2.80 bits per heavy atom. The second kappa shape index (κ2) is 5.88. The maximum absolute atomic E-state index is 4.85. The van der Waals surface area contributed by atoms with Crippen LogP contribution in [0.15, 0.2) is 47.5 Å². The van der Waals surface area contributed by atoms with Crippen molar-refractivity contribution < 1.29 is 0 Å². The lowest BCUT2D eigenvalue weighted by Crippen LogP contribution is -2.23. The van der Waals surface area contributed by atoms with Crippen molar-refractivity contribution >= 4 is 33.4 Å². The molecule has 0 amide bonds. The van der Waals surface area contributed by atoms with E-state index in [2.05, 4.69) is 61.6 Å². The molecule has 0 aliphatic carbocycles. The summed E-state index contributed by atoms with van der Waals surface area (Å²) in [5.74, 6) is 1.76. The molecule has 2 aromatic rings. The van der Waals surface area contributed by atoms with Crippen LogP contribution in [0.3, 0.4) is 0 Å². The van der Waals surface area contributed by atoms with E-state index in [-0.39, 0.29) is 0 Å². The van der Waals surface area contributed by atoms with Crippen LogP contribution < -0.4 is 5.32 Å². The van der Waals surface area contributed by atoms with Gasteiger partial charge in [-0.05, 0) is 23.8 Å². The molecule has 1 aliphatic heterocycles. The number of benzene rings is 2. The molecule has 0 fully saturated rings. The van der Waals surface area contributed by atoms with E-state index >= 15 is 0 Å². The number of hydrogen-bond donors (Lipinski definition) is 1. The first-order chi connectivity index (χ1) is 9.74. The number of anilines is 1. The molecule has 1 aliphatic rings. The molecule has 1 N–H and O–H groups in total. The average molecular weight is 284 g/mol. The zero-order valence-electron chi connectivity index (χ0n) is 12.0. The van der Waals surface area contributed by atoms with Crippen LogP contribution in [0.1, 0.15) is 20.3 Å². The monoisotopic (exact) mass is 284 g/mol. The summed E-state index contributed by atoms with van der Waals surface area (Å²) in [6.45, 7) is 4.50. The third kappa shape index (κ3) is 2.83. The lowest BCUT2D eigenvalue weighted by Gasteiger charge is -2.23. The van der Waals surface area contributed by atoms with Gasteiger partial charge in [-0.15, -0.1) is 0 Å². The van der Waals surface area contributed by atoms with Gasteiger partial charge in [0.15, 0.2) is 5.17 Å². The zero-order valence-corrected chi connectivity index (χ0v) is 12.8. The fourth-order valence-electron chi connectivity index (χ4n) is 2.53. The third-order valence-electron chi connectivity index (χ3n) is 3.74. The van der Waals surface area contributed by atoms with E-state index in [0.717, 1.165) is 16.6 Å². The summed E-state index contributed by atoms with van der Waals surface area (Å²) in [6.07, 6.45) is 1.18. The van der Waals surface area contributed by atoms with Gasteiger partial charge in [0.25, 0.3) is 0 Å². The van der Waals surface area contributed by atoms with E-state index in [1.54, 1.807) is 0 Å². The normalized spacial score (nSPS) is 19.1. The number of nitrogens with one attached hydrogen (secondary N) is 1. The van der Waals surface area contributed by atoms with Gasteiger partial charge in [0.05, 0.1) is 6.04 Å². The summed E-state index contributed by atoms with van der Waals surface area (Å²) in [6, 6.07) is 15.3. The van der Waals surface area contributed by atoms with Gasteiger partial charge >= 0.3 is 0 Å². The molecule has 0 bridgehead atoms. The first kappa shape index (κ1) is 13.5. The van der Waals surface area contributed by atoms with Crippen molar-refractivity contribution in [1.82, 2.24) is 0 Å². The van der Waals surface area contributed by atoms with Crippen LogP contribution in [0.4, 0.5) is 5.69 Å². The molecule has 2 aromatic carbocycles. The third-order valence-corrected chi connectivity index (χ3v) is 4.66. The SMILES string of the molecule is CC(C)C1CCSC(Nc2cccc3ccccc23)=N1. The Morgan fingerprint density at radius 1 is 1.15 bits per heavy atom. The van der Waals surface area contributed by atoms with Crippen molar-refractivity contribution in [2.75, 3.05) is 11.1 Å². The Kier molecular flexibility index (Phi) is 3.97. The van der Waals surface area contributed by atoms with Crippen LogP contribution in [0.2, 0.25) is 0 Å².